The summed E-state index contributed by atoms with van der Waals surface area (Å²) < 4.78 is 6.41. The van der Waals surface area contributed by atoms with Crippen LogP contribution in [-0.2, 0) is 16.1 Å². The van der Waals surface area contributed by atoms with Gasteiger partial charge in [-0.3, -0.25) is 14.4 Å². The lowest BCUT2D eigenvalue weighted by Gasteiger charge is -2.23. The van der Waals surface area contributed by atoms with Crippen LogP contribution in [0.4, 0.5) is 0 Å². The number of esters is 1. The number of amides is 1. The van der Waals surface area contributed by atoms with Crippen LogP contribution in [0, 0.1) is 10.8 Å². The molecular formula is C26H20BrNO4. The molecule has 0 spiro atoms. The zero-order valence-corrected chi connectivity index (χ0v) is 18.9. The van der Waals surface area contributed by atoms with E-state index in [1.54, 1.807) is 43.3 Å². The van der Waals surface area contributed by atoms with Crippen molar-refractivity contribution in [3.8, 4) is 5.75 Å². The largest absolute Gasteiger partial charge is 0.425 e. The summed E-state index contributed by atoms with van der Waals surface area (Å²) in [7, 11) is 0. The Morgan fingerprint density at radius 3 is 2.34 bits per heavy atom. The van der Waals surface area contributed by atoms with Gasteiger partial charge < -0.3 is 10.1 Å². The summed E-state index contributed by atoms with van der Waals surface area (Å²) in [4.78, 5) is 40.7. The van der Waals surface area contributed by atoms with Crippen molar-refractivity contribution in [2.45, 2.75) is 19.4 Å². The number of benzene rings is 3. The Labute approximate surface area is 193 Å². The lowest BCUT2D eigenvalue weighted by atomic mass is 9.86. The second-order valence-corrected chi connectivity index (χ2v) is 9.29. The molecule has 0 saturated heterocycles. The van der Waals surface area contributed by atoms with Crippen molar-refractivity contribution in [3.05, 3.63) is 100 Å². The highest BCUT2D eigenvalue weighted by molar-refractivity contribution is 9.10. The lowest BCUT2D eigenvalue weighted by Crippen LogP contribution is -2.45. The molecule has 0 radical (unpaired) electrons. The van der Waals surface area contributed by atoms with Gasteiger partial charge in [-0.1, -0.05) is 76.6 Å². The van der Waals surface area contributed by atoms with E-state index in [1.165, 1.54) is 0 Å². The lowest BCUT2D eigenvalue weighted by molar-refractivity contribution is -0.149. The molecule has 2 aliphatic rings. The maximum absolute atomic E-state index is 13.7. The van der Waals surface area contributed by atoms with Gasteiger partial charge in [-0.2, -0.15) is 0 Å². The van der Waals surface area contributed by atoms with E-state index in [2.05, 4.69) is 21.2 Å². The van der Waals surface area contributed by atoms with Crippen molar-refractivity contribution < 1.29 is 19.1 Å². The van der Waals surface area contributed by atoms with Gasteiger partial charge in [0.15, 0.2) is 11.2 Å². The number of halogens is 1. The van der Waals surface area contributed by atoms with E-state index in [0.29, 0.717) is 16.9 Å². The highest BCUT2D eigenvalue weighted by Gasteiger charge is 2.88. The van der Waals surface area contributed by atoms with E-state index < -0.39 is 28.6 Å². The topological polar surface area (TPSA) is 72.5 Å². The molecule has 0 bridgehead atoms. The molecule has 1 aliphatic carbocycles. The summed E-state index contributed by atoms with van der Waals surface area (Å²) in [6, 6.07) is 23.5. The summed E-state index contributed by atoms with van der Waals surface area (Å²) in [5, 5.41) is 2.88. The fourth-order valence-electron chi connectivity index (χ4n) is 5.09. The van der Waals surface area contributed by atoms with E-state index in [9.17, 15) is 14.4 Å². The first kappa shape index (κ1) is 20.6. The van der Waals surface area contributed by atoms with Crippen LogP contribution in [0.25, 0.3) is 0 Å². The first-order valence-corrected chi connectivity index (χ1v) is 11.1. The second-order valence-electron chi connectivity index (χ2n) is 8.38. The number of ether oxygens (including phenoxy) is 1. The summed E-state index contributed by atoms with van der Waals surface area (Å²) in [5.41, 5.74) is -0.844. The molecule has 3 atom stereocenters. The second kappa shape index (κ2) is 7.41. The molecule has 160 valence electrons. The van der Waals surface area contributed by atoms with Crippen LogP contribution in [0.3, 0.4) is 0 Å². The fourth-order valence-corrected chi connectivity index (χ4v) is 5.47. The van der Waals surface area contributed by atoms with Crippen molar-refractivity contribution in [1.82, 2.24) is 5.32 Å². The zero-order valence-electron chi connectivity index (χ0n) is 17.3. The average Bonchev–Trinajstić information content (AvgIpc) is 3.42. The number of hydrogen-bond donors (Lipinski definition) is 1. The molecule has 6 heteroatoms. The van der Waals surface area contributed by atoms with Gasteiger partial charge in [0.25, 0.3) is 0 Å². The van der Waals surface area contributed by atoms with Gasteiger partial charge in [-0.15, -0.1) is 0 Å². The molecule has 1 saturated carbocycles. The molecule has 1 N–H and O–H groups in total. The van der Waals surface area contributed by atoms with Crippen molar-refractivity contribution in [3.63, 3.8) is 0 Å². The van der Waals surface area contributed by atoms with Crippen molar-refractivity contribution in [2.24, 2.45) is 10.8 Å². The number of rotatable bonds is 5. The predicted octanol–water partition coefficient (Wildman–Crippen LogP) is 4.66. The molecule has 5 nitrogen and oxygen atoms in total. The number of nitrogens with one attached hydrogen (secondary N) is 1. The SMILES string of the molecule is C[C@]1(C(=O)c2ccccc2)[C@H]2c3cc(Br)ccc3OC(=O)[C@@]21C(=O)NCc1ccccc1. The van der Waals surface area contributed by atoms with E-state index in [-0.39, 0.29) is 12.3 Å². The molecule has 0 aromatic heterocycles. The number of hydrogen-bond acceptors (Lipinski definition) is 4. The molecule has 3 aromatic carbocycles. The number of ketones is 1. The molecule has 1 fully saturated rings. The van der Waals surface area contributed by atoms with E-state index in [4.69, 9.17) is 4.74 Å². The van der Waals surface area contributed by atoms with E-state index in [0.717, 1.165) is 10.0 Å². The Morgan fingerprint density at radius 1 is 1.00 bits per heavy atom. The van der Waals surface area contributed by atoms with Crippen LogP contribution in [-0.4, -0.2) is 17.7 Å². The summed E-state index contributed by atoms with van der Waals surface area (Å²) in [6.45, 7) is 1.95. The van der Waals surface area contributed by atoms with Crippen LogP contribution in [0.5, 0.6) is 5.75 Å². The zero-order chi connectivity index (χ0) is 22.5. The summed E-state index contributed by atoms with van der Waals surface area (Å²) in [5.74, 6) is -1.65. The van der Waals surface area contributed by atoms with Gasteiger partial charge in [0.2, 0.25) is 5.91 Å². The first-order valence-electron chi connectivity index (χ1n) is 10.3. The third kappa shape index (κ3) is 2.79. The fraction of sp³-hybridized carbons (Fsp3) is 0.192. The summed E-state index contributed by atoms with van der Waals surface area (Å²) in [6.07, 6.45) is 0. The quantitative estimate of drug-likeness (QED) is 0.245. The van der Waals surface area contributed by atoms with Crippen LogP contribution in [0.1, 0.15) is 34.3 Å². The third-order valence-electron chi connectivity index (χ3n) is 6.72. The van der Waals surface area contributed by atoms with Crippen LogP contribution in [0.15, 0.2) is 83.3 Å². The maximum Gasteiger partial charge on any atom is 0.328 e. The minimum Gasteiger partial charge on any atom is -0.425 e. The average molecular weight is 490 g/mol. The number of fused-ring (bicyclic) bond motifs is 3. The third-order valence-corrected chi connectivity index (χ3v) is 7.21. The van der Waals surface area contributed by atoms with Gasteiger partial charge in [-0.05, 0) is 30.7 Å². The summed E-state index contributed by atoms with van der Waals surface area (Å²) >= 11 is 3.46. The molecule has 32 heavy (non-hydrogen) atoms. The smallest absolute Gasteiger partial charge is 0.328 e. The Bertz CT molecular complexity index is 1240. The van der Waals surface area contributed by atoms with Crippen molar-refractivity contribution >= 4 is 33.6 Å². The number of carbonyl (C=O) groups excluding carboxylic acids is 3. The molecule has 3 aromatic rings. The normalized spacial score (nSPS) is 25.2. The minimum atomic E-state index is -1.62. The Hall–Kier alpha value is -3.25. The van der Waals surface area contributed by atoms with Gasteiger partial charge >= 0.3 is 5.97 Å². The first-order chi connectivity index (χ1) is 15.4. The van der Waals surface area contributed by atoms with Gasteiger partial charge in [-0.25, -0.2) is 0 Å². The monoisotopic (exact) mass is 489 g/mol. The Balaban J connectivity index is 1.59. The molecule has 5 rings (SSSR count). The van der Waals surface area contributed by atoms with Gasteiger partial charge in [0.1, 0.15) is 5.75 Å². The van der Waals surface area contributed by atoms with Crippen molar-refractivity contribution in [2.75, 3.05) is 0 Å². The van der Waals surface area contributed by atoms with Crippen LogP contribution < -0.4 is 10.1 Å². The standard InChI is InChI=1S/C26H20BrNO4/c1-25(22(29)17-10-6-3-7-11-17)21-19-14-18(27)12-13-20(19)32-24(31)26(21,25)23(30)28-15-16-8-4-2-5-9-16/h2-14,21H,15H2,1H3,(H,28,30)/t21-,25-,26+/m1/s1. The molecule has 1 heterocycles. The predicted molar refractivity (Wildman–Crippen MR) is 122 cm³/mol. The molecule has 0 unspecified atom stereocenters. The van der Waals surface area contributed by atoms with E-state index >= 15 is 0 Å². The van der Waals surface area contributed by atoms with E-state index in [1.807, 2.05) is 42.5 Å². The highest BCUT2D eigenvalue weighted by Crippen LogP contribution is 2.78. The molecule has 1 aliphatic heterocycles. The van der Waals surface area contributed by atoms with Gasteiger partial charge in [0, 0.05) is 28.1 Å². The van der Waals surface area contributed by atoms with Crippen molar-refractivity contribution in [1.29, 1.82) is 0 Å². The minimum absolute atomic E-state index is 0.247. The molecular weight excluding hydrogens is 470 g/mol. The highest BCUT2D eigenvalue weighted by atomic mass is 79.9. The number of Topliss-reactive ketones (excluding diaryl/α,β-unsaturated/α-hetero) is 1. The van der Waals surface area contributed by atoms with Crippen LogP contribution in [0.2, 0.25) is 0 Å². The Kier molecular flexibility index (Phi) is 4.78. The number of carbonyl (C=O) groups is 3. The van der Waals surface area contributed by atoms with Crippen LogP contribution >= 0.6 is 15.9 Å². The van der Waals surface area contributed by atoms with Gasteiger partial charge in [0.05, 0.1) is 5.41 Å². The maximum atomic E-state index is 13.7. The Morgan fingerprint density at radius 2 is 1.66 bits per heavy atom. The molecule has 1 amide bonds.